The number of halogens is 1. The number of urea groups is 1. The molecule has 1 atom stereocenters. The molecule has 0 spiro atoms. The van der Waals surface area contributed by atoms with Crippen molar-refractivity contribution in [1.82, 2.24) is 15.1 Å². The van der Waals surface area contributed by atoms with Gasteiger partial charge < -0.3 is 10.2 Å². The second-order valence-corrected chi connectivity index (χ2v) is 6.87. The smallest absolute Gasteiger partial charge is 0.317 e. The van der Waals surface area contributed by atoms with Gasteiger partial charge in [-0.1, -0.05) is 12.1 Å². The molecular formula is C17H26FN3O. The Balaban J connectivity index is 1.87. The Kier molecular flexibility index (Phi) is 5.06. The highest BCUT2D eigenvalue weighted by molar-refractivity contribution is 5.74. The predicted octanol–water partition coefficient (Wildman–Crippen LogP) is 3.01. The summed E-state index contributed by atoms with van der Waals surface area (Å²) >= 11 is 0. The summed E-state index contributed by atoms with van der Waals surface area (Å²) in [5.74, 6) is -0.263. The van der Waals surface area contributed by atoms with Gasteiger partial charge in [-0.3, -0.25) is 4.90 Å². The van der Waals surface area contributed by atoms with E-state index in [1.54, 1.807) is 12.1 Å². The zero-order valence-electron chi connectivity index (χ0n) is 13.9. The molecule has 1 aromatic carbocycles. The van der Waals surface area contributed by atoms with E-state index >= 15 is 0 Å². The molecule has 1 aromatic rings. The molecule has 2 rings (SSSR count). The number of nitrogens with zero attached hydrogens (tertiary/aromatic N) is 2. The molecule has 2 amide bonds. The molecular weight excluding hydrogens is 281 g/mol. The van der Waals surface area contributed by atoms with Gasteiger partial charge >= 0.3 is 6.03 Å². The molecule has 0 radical (unpaired) electrons. The van der Waals surface area contributed by atoms with Crippen molar-refractivity contribution in [2.75, 3.05) is 26.2 Å². The summed E-state index contributed by atoms with van der Waals surface area (Å²) in [6, 6.07) is 6.06. The van der Waals surface area contributed by atoms with Crippen LogP contribution >= 0.6 is 0 Å². The van der Waals surface area contributed by atoms with Crippen LogP contribution in [0.25, 0.3) is 0 Å². The van der Waals surface area contributed by atoms with Gasteiger partial charge in [0, 0.05) is 31.7 Å². The van der Waals surface area contributed by atoms with Gasteiger partial charge in [0.15, 0.2) is 0 Å². The predicted molar refractivity (Wildman–Crippen MR) is 86.2 cm³/mol. The summed E-state index contributed by atoms with van der Waals surface area (Å²) < 4.78 is 12.9. The van der Waals surface area contributed by atoms with Crippen molar-refractivity contribution in [3.05, 3.63) is 35.6 Å². The van der Waals surface area contributed by atoms with Gasteiger partial charge in [0.05, 0.1) is 6.04 Å². The van der Waals surface area contributed by atoms with Gasteiger partial charge in [-0.2, -0.15) is 0 Å². The number of hydrogen-bond donors (Lipinski definition) is 1. The first-order valence-corrected chi connectivity index (χ1v) is 7.83. The lowest BCUT2D eigenvalue weighted by molar-refractivity contribution is 0.0737. The molecule has 5 heteroatoms. The lowest BCUT2D eigenvalue weighted by Crippen LogP contribution is -2.56. The molecule has 0 bridgehead atoms. The highest BCUT2D eigenvalue weighted by Gasteiger charge is 2.28. The van der Waals surface area contributed by atoms with Crippen LogP contribution in [-0.2, 0) is 0 Å². The lowest BCUT2D eigenvalue weighted by Gasteiger charge is -2.42. The lowest BCUT2D eigenvalue weighted by atomic mass is 10.1. The molecule has 1 fully saturated rings. The fraction of sp³-hybridized carbons (Fsp3) is 0.588. The number of hydrogen-bond acceptors (Lipinski definition) is 2. The molecule has 0 aliphatic carbocycles. The fourth-order valence-electron chi connectivity index (χ4n) is 2.69. The van der Waals surface area contributed by atoms with E-state index in [0.29, 0.717) is 0 Å². The van der Waals surface area contributed by atoms with Crippen molar-refractivity contribution in [3.63, 3.8) is 0 Å². The molecule has 1 saturated heterocycles. The van der Waals surface area contributed by atoms with Crippen molar-refractivity contribution in [3.8, 4) is 0 Å². The van der Waals surface area contributed by atoms with Crippen molar-refractivity contribution < 1.29 is 9.18 Å². The molecule has 1 unspecified atom stereocenters. The van der Waals surface area contributed by atoms with Crippen LogP contribution in [0.5, 0.6) is 0 Å². The second kappa shape index (κ2) is 6.65. The van der Waals surface area contributed by atoms with Gasteiger partial charge in [0.2, 0.25) is 0 Å². The van der Waals surface area contributed by atoms with E-state index < -0.39 is 0 Å². The van der Waals surface area contributed by atoms with Gasteiger partial charge in [-0.25, -0.2) is 9.18 Å². The molecule has 0 aromatic heterocycles. The summed E-state index contributed by atoms with van der Waals surface area (Å²) in [4.78, 5) is 16.6. The molecule has 22 heavy (non-hydrogen) atoms. The van der Waals surface area contributed by atoms with Crippen LogP contribution in [0.3, 0.4) is 0 Å². The first-order valence-electron chi connectivity index (χ1n) is 7.83. The summed E-state index contributed by atoms with van der Waals surface area (Å²) in [6.07, 6.45) is 0. The van der Waals surface area contributed by atoms with Crippen molar-refractivity contribution in [1.29, 1.82) is 0 Å². The Labute approximate surface area is 132 Å². The molecule has 1 N–H and O–H groups in total. The topological polar surface area (TPSA) is 35.6 Å². The van der Waals surface area contributed by atoms with Gasteiger partial charge in [-0.05, 0) is 45.4 Å². The fourth-order valence-corrected chi connectivity index (χ4v) is 2.69. The Hall–Kier alpha value is -1.62. The molecule has 4 nitrogen and oxygen atoms in total. The highest BCUT2D eigenvalue weighted by atomic mass is 19.1. The minimum absolute atomic E-state index is 0.0506. The molecule has 0 saturated carbocycles. The first-order chi connectivity index (χ1) is 10.3. The monoisotopic (exact) mass is 307 g/mol. The van der Waals surface area contributed by atoms with Crippen LogP contribution in [0.2, 0.25) is 0 Å². The molecule has 1 aliphatic heterocycles. The third-order valence-corrected chi connectivity index (χ3v) is 4.23. The number of benzene rings is 1. The second-order valence-electron chi connectivity index (χ2n) is 6.87. The van der Waals surface area contributed by atoms with E-state index in [1.807, 2.05) is 11.8 Å². The third-order valence-electron chi connectivity index (χ3n) is 4.23. The highest BCUT2D eigenvalue weighted by Crippen LogP contribution is 2.17. The number of nitrogens with one attached hydrogen (secondary N) is 1. The van der Waals surface area contributed by atoms with Crippen LogP contribution in [0.1, 0.15) is 39.3 Å². The SMILES string of the molecule is CC(NC(=O)N1CCN(C(C)(C)C)CC1)c1ccc(F)cc1. The molecule has 1 heterocycles. The summed E-state index contributed by atoms with van der Waals surface area (Å²) in [5, 5.41) is 2.98. The van der Waals surface area contributed by atoms with E-state index in [9.17, 15) is 9.18 Å². The van der Waals surface area contributed by atoms with E-state index in [0.717, 1.165) is 31.7 Å². The number of amides is 2. The maximum absolute atomic E-state index is 12.9. The van der Waals surface area contributed by atoms with E-state index in [4.69, 9.17) is 0 Å². The Morgan fingerprint density at radius 3 is 2.18 bits per heavy atom. The standard InChI is InChI=1S/C17H26FN3O/c1-13(14-5-7-15(18)8-6-14)19-16(22)20-9-11-21(12-10-20)17(2,3)4/h5-8,13H,9-12H2,1-4H3,(H,19,22). The van der Waals surface area contributed by atoms with E-state index in [1.165, 1.54) is 12.1 Å². The summed E-state index contributed by atoms with van der Waals surface area (Å²) in [6.45, 7) is 11.7. The summed E-state index contributed by atoms with van der Waals surface area (Å²) in [7, 11) is 0. The minimum Gasteiger partial charge on any atom is -0.331 e. The maximum atomic E-state index is 12.9. The quantitative estimate of drug-likeness (QED) is 0.911. The largest absolute Gasteiger partial charge is 0.331 e. The van der Waals surface area contributed by atoms with E-state index in [-0.39, 0.29) is 23.4 Å². The van der Waals surface area contributed by atoms with Crippen molar-refractivity contribution >= 4 is 6.03 Å². The number of piperazine rings is 1. The molecule has 1 aliphatic rings. The Morgan fingerprint density at radius 1 is 1.14 bits per heavy atom. The van der Waals surface area contributed by atoms with E-state index in [2.05, 4.69) is 31.0 Å². The minimum atomic E-state index is -0.263. The first kappa shape index (κ1) is 16.7. The van der Waals surface area contributed by atoms with Crippen LogP contribution in [0, 0.1) is 5.82 Å². The average Bonchev–Trinajstić information content (AvgIpc) is 2.47. The number of rotatable bonds is 2. The van der Waals surface area contributed by atoms with Gasteiger partial charge in [0.25, 0.3) is 0 Å². The molecule has 122 valence electrons. The number of carbonyl (C=O) groups is 1. The number of carbonyl (C=O) groups excluding carboxylic acids is 1. The van der Waals surface area contributed by atoms with Crippen molar-refractivity contribution in [2.45, 2.75) is 39.3 Å². The summed E-state index contributed by atoms with van der Waals surface area (Å²) in [5.41, 5.74) is 1.05. The van der Waals surface area contributed by atoms with Crippen molar-refractivity contribution in [2.24, 2.45) is 0 Å². The Bertz CT molecular complexity index is 502. The third kappa shape index (κ3) is 4.19. The van der Waals surface area contributed by atoms with Gasteiger partial charge in [0.1, 0.15) is 5.82 Å². The van der Waals surface area contributed by atoms with Crippen LogP contribution in [-0.4, -0.2) is 47.5 Å². The Morgan fingerprint density at radius 2 is 1.68 bits per heavy atom. The van der Waals surface area contributed by atoms with Crippen LogP contribution in [0.4, 0.5) is 9.18 Å². The van der Waals surface area contributed by atoms with Gasteiger partial charge in [-0.15, -0.1) is 0 Å². The van der Waals surface area contributed by atoms with Crippen LogP contribution < -0.4 is 5.32 Å². The maximum Gasteiger partial charge on any atom is 0.317 e. The normalized spacial score (nSPS) is 18.1. The average molecular weight is 307 g/mol. The van der Waals surface area contributed by atoms with Crippen LogP contribution in [0.15, 0.2) is 24.3 Å². The zero-order valence-corrected chi connectivity index (χ0v) is 13.9. The zero-order chi connectivity index (χ0) is 16.3.